The molecular formula is C21H18N6O. The van der Waals surface area contributed by atoms with Gasteiger partial charge in [0.15, 0.2) is 5.69 Å². The molecule has 5 rings (SSSR count). The van der Waals surface area contributed by atoms with E-state index in [4.69, 9.17) is 0 Å². The van der Waals surface area contributed by atoms with Crippen LogP contribution < -0.4 is 10.2 Å². The van der Waals surface area contributed by atoms with Crippen LogP contribution in [0.2, 0.25) is 0 Å². The molecule has 0 radical (unpaired) electrons. The van der Waals surface area contributed by atoms with Gasteiger partial charge in [0.1, 0.15) is 5.82 Å². The molecule has 1 aliphatic rings. The molecule has 7 nitrogen and oxygen atoms in total. The van der Waals surface area contributed by atoms with E-state index in [2.05, 4.69) is 30.4 Å². The quantitative estimate of drug-likeness (QED) is 0.574. The number of aromatic amines is 1. The zero-order chi connectivity index (χ0) is 18.9. The highest BCUT2D eigenvalue weighted by molar-refractivity contribution is 6.11. The summed E-state index contributed by atoms with van der Waals surface area (Å²) in [5.41, 5.74) is 3.86. The fourth-order valence-electron chi connectivity index (χ4n) is 3.30. The number of nitrogens with one attached hydrogen (secondary N) is 2. The third-order valence-electron chi connectivity index (χ3n) is 4.96. The van der Waals surface area contributed by atoms with Gasteiger partial charge in [-0.3, -0.25) is 14.9 Å². The molecule has 138 valence electrons. The maximum atomic E-state index is 12.9. The van der Waals surface area contributed by atoms with Crippen molar-refractivity contribution >= 4 is 28.3 Å². The third-order valence-corrected chi connectivity index (χ3v) is 4.96. The number of hydrogen-bond donors (Lipinski definition) is 2. The van der Waals surface area contributed by atoms with E-state index in [0.717, 1.165) is 40.9 Å². The first-order chi connectivity index (χ1) is 13.8. The minimum Gasteiger partial charge on any atom is -0.356 e. The van der Waals surface area contributed by atoms with Crippen molar-refractivity contribution in [2.24, 2.45) is 0 Å². The predicted molar refractivity (Wildman–Crippen MR) is 108 cm³/mol. The van der Waals surface area contributed by atoms with Gasteiger partial charge in [-0.1, -0.05) is 12.1 Å². The van der Waals surface area contributed by atoms with Crippen LogP contribution >= 0.6 is 0 Å². The minimum atomic E-state index is -0.254. The van der Waals surface area contributed by atoms with Crippen LogP contribution in [0.3, 0.4) is 0 Å². The standard InChI is InChI=1S/C21H18N6O/c28-21(24-16-6-8-23-19(12-16)27-9-2-10-27)20-17-11-14(4-5-18(17)25-26-20)15-3-1-7-22-13-15/h1,3-8,11-13H,2,9-10H2,(H,25,26)(H,23,24,28). The second kappa shape index (κ2) is 6.77. The Bertz CT molecular complexity index is 1150. The molecule has 0 aliphatic carbocycles. The molecule has 0 saturated carbocycles. The summed E-state index contributed by atoms with van der Waals surface area (Å²) in [6.45, 7) is 2.01. The normalized spacial score (nSPS) is 13.4. The van der Waals surface area contributed by atoms with Crippen LogP contribution in [0, 0.1) is 0 Å². The fraction of sp³-hybridized carbons (Fsp3) is 0.143. The van der Waals surface area contributed by atoms with Crippen molar-refractivity contribution in [3.8, 4) is 11.1 Å². The Morgan fingerprint density at radius 1 is 1.07 bits per heavy atom. The maximum Gasteiger partial charge on any atom is 0.276 e. The maximum absolute atomic E-state index is 12.9. The highest BCUT2D eigenvalue weighted by atomic mass is 16.1. The van der Waals surface area contributed by atoms with Crippen molar-refractivity contribution in [2.75, 3.05) is 23.3 Å². The van der Waals surface area contributed by atoms with Gasteiger partial charge in [0.25, 0.3) is 5.91 Å². The van der Waals surface area contributed by atoms with Crippen molar-refractivity contribution in [1.29, 1.82) is 0 Å². The zero-order valence-electron chi connectivity index (χ0n) is 15.1. The molecule has 4 heterocycles. The largest absolute Gasteiger partial charge is 0.356 e. The topological polar surface area (TPSA) is 86.8 Å². The molecule has 0 unspecified atom stereocenters. The Morgan fingerprint density at radius 2 is 2.00 bits per heavy atom. The summed E-state index contributed by atoms with van der Waals surface area (Å²) < 4.78 is 0. The summed E-state index contributed by atoms with van der Waals surface area (Å²) >= 11 is 0. The van der Waals surface area contributed by atoms with Gasteiger partial charge in [-0.05, 0) is 36.2 Å². The first kappa shape index (κ1) is 16.4. The van der Waals surface area contributed by atoms with E-state index in [-0.39, 0.29) is 5.91 Å². The summed E-state index contributed by atoms with van der Waals surface area (Å²) in [6, 6.07) is 13.4. The SMILES string of the molecule is O=C(Nc1ccnc(N2CCC2)c1)c1n[nH]c2ccc(-c3cccnc3)cc12. The lowest BCUT2D eigenvalue weighted by Gasteiger charge is -2.32. The molecule has 0 bridgehead atoms. The summed E-state index contributed by atoms with van der Waals surface area (Å²) in [6.07, 6.45) is 6.43. The van der Waals surface area contributed by atoms with Crippen LogP contribution in [-0.2, 0) is 0 Å². The lowest BCUT2D eigenvalue weighted by molar-refractivity contribution is 0.102. The van der Waals surface area contributed by atoms with Gasteiger partial charge < -0.3 is 10.2 Å². The first-order valence-corrected chi connectivity index (χ1v) is 9.19. The number of nitrogens with zero attached hydrogens (tertiary/aromatic N) is 4. The monoisotopic (exact) mass is 370 g/mol. The van der Waals surface area contributed by atoms with Crippen LogP contribution in [0.25, 0.3) is 22.0 Å². The number of hydrogen-bond acceptors (Lipinski definition) is 5. The number of amides is 1. The second-order valence-electron chi connectivity index (χ2n) is 6.77. The lowest BCUT2D eigenvalue weighted by Crippen LogP contribution is -2.37. The van der Waals surface area contributed by atoms with Gasteiger partial charge in [-0.15, -0.1) is 0 Å². The molecule has 2 N–H and O–H groups in total. The van der Waals surface area contributed by atoms with Gasteiger partial charge in [-0.25, -0.2) is 4.98 Å². The van der Waals surface area contributed by atoms with Crippen molar-refractivity contribution in [2.45, 2.75) is 6.42 Å². The van der Waals surface area contributed by atoms with E-state index in [9.17, 15) is 4.79 Å². The highest BCUT2D eigenvalue weighted by Crippen LogP contribution is 2.26. The number of carbonyl (C=O) groups is 1. The van der Waals surface area contributed by atoms with Gasteiger partial charge in [-0.2, -0.15) is 5.10 Å². The van der Waals surface area contributed by atoms with Crippen LogP contribution in [0.5, 0.6) is 0 Å². The van der Waals surface area contributed by atoms with E-state index in [0.29, 0.717) is 11.4 Å². The van der Waals surface area contributed by atoms with Gasteiger partial charge in [0, 0.05) is 54.4 Å². The van der Waals surface area contributed by atoms with E-state index in [1.165, 1.54) is 6.42 Å². The van der Waals surface area contributed by atoms with E-state index < -0.39 is 0 Å². The molecule has 4 aromatic rings. The summed E-state index contributed by atoms with van der Waals surface area (Å²) in [4.78, 5) is 23.6. The fourth-order valence-corrected chi connectivity index (χ4v) is 3.30. The molecule has 1 saturated heterocycles. The zero-order valence-corrected chi connectivity index (χ0v) is 15.1. The molecule has 1 aliphatic heterocycles. The van der Waals surface area contributed by atoms with Crippen LogP contribution in [0.15, 0.2) is 61.1 Å². The number of pyridine rings is 2. The van der Waals surface area contributed by atoms with E-state index in [1.54, 1.807) is 24.7 Å². The van der Waals surface area contributed by atoms with Gasteiger partial charge >= 0.3 is 0 Å². The van der Waals surface area contributed by atoms with Crippen LogP contribution in [0.1, 0.15) is 16.9 Å². The summed E-state index contributed by atoms with van der Waals surface area (Å²) in [5, 5.41) is 10.9. The summed E-state index contributed by atoms with van der Waals surface area (Å²) in [7, 11) is 0. The number of anilines is 2. The molecule has 28 heavy (non-hydrogen) atoms. The second-order valence-corrected chi connectivity index (χ2v) is 6.77. The predicted octanol–water partition coefficient (Wildman–Crippen LogP) is 3.48. The number of benzene rings is 1. The molecule has 0 spiro atoms. The van der Waals surface area contributed by atoms with Gasteiger partial charge in [0.2, 0.25) is 0 Å². The smallest absolute Gasteiger partial charge is 0.276 e. The van der Waals surface area contributed by atoms with Crippen LogP contribution in [-0.4, -0.2) is 39.2 Å². The van der Waals surface area contributed by atoms with Crippen molar-refractivity contribution < 1.29 is 4.79 Å². The average Bonchev–Trinajstić information content (AvgIpc) is 3.11. The first-order valence-electron chi connectivity index (χ1n) is 9.19. The van der Waals surface area contributed by atoms with Gasteiger partial charge in [0.05, 0.1) is 5.52 Å². The minimum absolute atomic E-state index is 0.254. The van der Waals surface area contributed by atoms with Crippen molar-refractivity contribution in [1.82, 2.24) is 20.2 Å². The molecule has 1 aromatic carbocycles. The summed E-state index contributed by atoms with van der Waals surface area (Å²) in [5.74, 6) is 0.630. The lowest BCUT2D eigenvalue weighted by atomic mass is 10.0. The third kappa shape index (κ3) is 2.96. The number of aromatic nitrogens is 4. The molecular weight excluding hydrogens is 352 g/mol. The molecule has 1 amide bonds. The van der Waals surface area contributed by atoms with E-state index >= 15 is 0 Å². The Hall–Kier alpha value is -3.74. The molecule has 0 atom stereocenters. The Kier molecular flexibility index (Phi) is 3.97. The number of fused-ring (bicyclic) bond motifs is 1. The van der Waals surface area contributed by atoms with Crippen LogP contribution in [0.4, 0.5) is 11.5 Å². The van der Waals surface area contributed by atoms with E-state index in [1.807, 2.05) is 36.4 Å². The average molecular weight is 370 g/mol. The Balaban J connectivity index is 1.44. The number of rotatable bonds is 4. The Morgan fingerprint density at radius 3 is 2.79 bits per heavy atom. The molecule has 1 fully saturated rings. The van der Waals surface area contributed by atoms with Crippen molar-refractivity contribution in [3.63, 3.8) is 0 Å². The number of H-pyrrole nitrogens is 1. The number of carbonyl (C=O) groups excluding carboxylic acids is 1. The van der Waals surface area contributed by atoms with Crippen molar-refractivity contribution in [3.05, 3.63) is 66.7 Å². The molecule has 7 heteroatoms. The highest BCUT2D eigenvalue weighted by Gasteiger charge is 2.18. The Labute approximate surface area is 161 Å². The molecule has 3 aromatic heterocycles.